The van der Waals surface area contributed by atoms with Crippen molar-refractivity contribution in [3.8, 4) is 11.5 Å². The molecule has 0 aromatic heterocycles. The normalized spacial score (nSPS) is 21.0. The number of nitrogens with two attached hydrogens (primary N) is 3. The number of carbonyl (C=O) groups is 6. The Morgan fingerprint density at radius 2 is 1.07 bits per heavy atom. The summed E-state index contributed by atoms with van der Waals surface area (Å²) in [6, 6.07) is 4.22. The number of aliphatic hydroxyl groups excluding tert-OH is 2. The number of benzene rings is 2. The lowest BCUT2D eigenvalue weighted by molar-refractivity contribution is -0.145. The highest BCUT2D eigenvalue weighted by atomic mass is 16.4. The molecule has 0 radical (unpaired) electrons. The van der Waals surface area contributed by atoms with Crippen molar-refractivity contribution in [1.82, 2.24) is 25.8 Å². The van der Waals surface area contributed by atoms with Gasteiger partial charge in [0.2, 0.25) is 29.5 Å². The van der Waals surface area contributed by atoms with E-state index in [-0.39, 0.29) is 63.2 Å². The number of carbonyl (C=O) groups excluding carboxylic acids is 5. The van der Waals surface area contributed by atoms with E-state index in [1.807, 2.05) is 0 Å². The van der Waals surface area contributed by atoms with Crippen LogP contribution in [0.15, 0.2) is 48.5 Å². The van der Waals surface area contributed by atoms with Crippen molar-refractivity contribution in [2.75, 3.05) is 26.2 Å². The highest BCUT2D eigenvalue weighted by Gasteiger charge is 2.44. The van der Waals surface area contributed by atoms with Crippen molar-refractivity contribution in [3.63, 3.8) is 0 Å². The van der Waals surface area contributed by atoms with E-state index in [1.54, 1.807) is 12.1 Å². The van der Waals surface area contributed by atoms with E-state index in [1.165, 1.54) is 41.3 Å². The highest BCUT2D eigenvalue weighted by molar-refractivity contribution is 5.97. The number of aliphatic hydroxyl groups is 2. The Hall–Kier alpha value is -5.34. The SMILES string of the molecule is NCCCC[C@H](NC(=O)[C@H](Cc1ccc(O)cc1)NC(=O)[C@@H]1C[C@@H](O)CN1C(=O)[C@@H](N)CCCCN)C(=O)N1C[C@H](O)C[C@H]1C(=O)N[C@@H](Cc1ccc(O)cc1)C(=O)O. The van der Waals surface area contributed by atoms with Gasteiger partial charge in [-0.2, -0.15) is 0 Å². The zero-order valence-electron chi connectivity index (χ0n) is 32.9. The van der Waals surface area contributed by atoms with Crippen molar-refractivity contribution in [2.45, 2.75) is 113 Å². The van der Waals surface area contributed by atoms with Gasteiger partial charge in [0.1, 0.15) is 41.7 Å². The van der Waals surface area contributed by atoms with Crippen LogP contribution in [0, 0.1) is 0 Å². The average molecular weight is 827 g/mol. The minimum atomic E-state index is -1.41. The zero-order valence-corrected chi connectivity index (χ0v) is 32.9. The van der Waals surface area contributed by atoms with Crippen molar-refractivity contribution in [2.24, 2.45) is 17.2 Å². The molecule has 8 atom stereocenters. The van der Waals surface area contributed by atoms with Gasteiger partial charge in [-0.3, -0.25) is 24.0 Å². The molecule has 0 saturated carbocycles. The third kappa shape index (κ3) is 13.3. The molecule has 2 aromatic carbocycles. The lowest BCUT2D eigenvalue weighted by Gasteiger charge is -2.31. The molecule has 2 aliphatic rings. The molecule has 2 saturated heterocycles. The molecule has 0 aliphatic carbocycles. The molecular weight excluding hydrogens is 768 g/mol. The summed E-state index contributed by atoms with van der Waals surface area (Å²) in [4.78, 5) is 83.8. The van der Waals surface area contributed by atoms with Crippen LogP contribution in [0.25, 0.3) is 0 Å². The monoisotopic (exact) mass is 826 g/mol. The number of β-amino-alcohol motifs (C(OH)–C–C–N with tert-alkyl or cyclic N) is 2. The first kappa shape index (κ1) is 46.4. The number of carboxylic acid groups (broad SMARTS) is 1. The Kier molecular flexibility index (Phi) is 17.4. The van der Waals surface area contributed by atoms with Gasteiger partial charge >= 0.3 is 5.97 Å². The number of aromatic hydroxyl groups is 2. The first-order valence-corrected chi connectivity index (χ1v) is 19.9. The van der Waals surface area contributed by atoms with Crippen LogP contribution in [0.2, 0.25) is 0 Å². The molecule has 2 heterocycles. The maximum atomic E-state index is 14.3. The van der Waals surface area contributed by atoms with E-state index in [4.69, 9.17) is 17.2 Å². The number of phenols is 2. The Bertz CT molecular complexity index is 1750. The molecule has 0 bridgehead atoms. The maximum Gasteiger partial charge on any atom is 0.326 e. The van der Waals surface area contributed by atoms with Gasteiger partial charge in [0, 0.05) is 38.8 Å². The quantitative estimate of drug-likeness (QED) is 0.0603. The fourth-order valence-electron chi connectivity index (χ4n) is 7.36. The van der Waals surface area contributed by atoms with E-state index in [2.05, 4.69) is 16.0 Å². The van der Waals surface area contributed by atoms with E-state index >= 15 is 0 Å². The topological polar surface area (TPSA) is 324 Å². The fraction of sp³-hybridized carbons (Fsp3) is 0.550. The Labute approximate surface area is 342 Å². The van der Waals surface area contributed by atoms with Gasteiger partial charge in [-0.1, -0.05) is 30.7 Å². The number of unbranched alkanes of at least 4 members (excludes halogenated alkanes) is 2. The third-order valence-electron chi connectivity index (χ3n) is 10.6. The predicted octanol–water partition coefficient (Wildman–Crippen LogP) is -2.07. The van der Waals surface area contributed by atoms with Crippen molar-refractivity contribution >= 4 is 35.5 Å². The largest absolute Gasteiger partial charge is 0.508 e. The number of nitrogens with one attached hydrogen (secondary N) is 3. The number of hydrogen-bond donors (Lipinski definition) is 11. The van der Waals surface area contributed by atoms with E-state index < -0.39 is 84.0 Å². The van der Waals surface area contributed by atoms with Crippen LogP contribution >= 0.6 is 0 Å². The molecule has 19 nitrogen and oxygen atoms in total. The molecule has 0 spiro atoms. The summed E-state index contributed by atoms with van der Waals surface area (Å²) in [5.41, 5.74) is 18.5. The number of likely N-dealkylation sites (tertiary alicyclic amines) is 2. The van der Waals surface area contributed by atoms with Crippen LogP contribution < -0.4 is 33.2 Å². The van der Waals surface area contributed by atoms with E-state index in [0.29, 0.717) is 49.8 Å². The maximum absolute atomic E-state index is 14.3. The highest BCUT2D eigenvalue weighted by Crippen LogP contribution is 2.23. The summed E-state index contributed by atoms with van der Waals surface area (Å²) in [5.74, 6) is -5.05. The molecule has 19 heteroatoms. The zero-order chi connectivity index (χ0) is 43.2. The summed E-state index contributed by atoms with van der Waals surface area (Å²) >= 11 is 0. The number of nitrogens with zero attached hydrogens (tertiary/aromatic N) is 2. The van der Waals surface area contributed by atoms with Gasteiger partial charge in [-0.05, 0) is 80.6 Å². The Balaban J connectivity index is 1.55. The number of aliphatic carboxylic acids is 1. The lowest BCUT2D eigenvalue weighted by Crippen LogP contribution is -2.59. The predicted molar refractivity (Wildman–Crippen MR) is 213 cm³/mol. The Morgan fingerprint density at radius 3 is 1.54 bits per heavy atom. The molecule has 0 unspecified atom stereocenters. The van der Waals surface area contributed by atoms with Crippen molar-refractivity contribution in [3.05, 3.63) is 59.7 Å². The minimum Gasteiger partial charge on any atom is -0.508 e. The second kappa shape index (κ2) is 22.1. The number of carboxylic acids is 1. The molecule has 5 amide bonds. The number of phenolic OH excluding ortho intramolecular Hbond substituents is 2. The van der Waals surface area contributed by atoms with Crippen molar-refractivity contribution < 1.29 is 54.3 Å². The van der Waals surface area contributed by atoms with Crippen LogP contribution in [0.5, 0.6) is 11.5 Å². The molecule has 324 valence electrons. The van der Waals surface area contributed by atoms with Crippen LogP contribution in [0.3, 0.4) is 0 Å². The molecule has 2 aliphatic heterocycles. The molecule has 2 aromatic rings. The standard InChI is InChI=1S/C40H58N8O11/c41-15-3-1-5-29(43)38(56)47-21-27(51)19-33(47)36(54)45-31(17-23-7-11-25(49)12-8-23)35(53)44-30(6-2-4-16-42)39(57)48-22-28(52)20-34(48)37(55)46-32(40(58)59)18-24-9-13-26(50)14-10-24/h7-14,27-34,49-52H,1-6,15-22,41-43H2,(H,44,53)(H,45,54)(H,46,55)(H,58,59)/t27-,28-,29+,30+,31+,32+,33+,34+/m1/s1. The summed E-state index contributed by atoms with van der Waals surface area (Å²) in [7, 11) is 0. The van der Waals surface area contributed by atoms with Gasteiger partial charge < -0.3 is 68.5 Å². The summed E-state index contributed by atoms with van der Waals surface area (Å²) in [5, 5.41) is 58.4. The summed E-state index contributed by atoms with van der Waals surface area (Å²) in [6.07, 6.45) is -0.287. The summed E-state index contributed by atoms with van der Waals surface area (Å²) in [6.45, 7) is 0.267. The third-order valence-corrected chi connectivity index (χ3v) is 10.6. The van der Waals surface area contributed by atoms with Crippen LogP contribution in [-0.4, -0.2) is 145 Å². The van der Waals surface area contributed by atoms with Gasteiger partial charge in [0.05, 0.1) is 18.2 Å². The van der Waals surface area contributed by atoms with Crippen molar-refractivity contribution in [1.29, 1.82) is 0 Å². The van der Waals surface area contributed by atoms with E-state index in [0.717, 1.165) is 4.90 Å². The molecule has 59 heavy (non-hydrogen) atoms. The minimum absolute atomic E-state index is 0.0248. The first-order chi connectivity index (χ1) is 28.1. The van der Waals surface area contributed by atoms with Gasteiger partial charge in [0.25, 0.3) is 0 Å². The number of hydrogen-bond acceptors (Lipinski definition) is 13. The molecular formula is C40H58N8O11. The Morgan fingerprint density at radius 1 is 0.627 bits per heavy atom. The second-order valence-corrected chi connectivity index (χ2v) is 15.2. The van der Waals surface area contributed by atoms with Crippen LogP contribution in [0.4, 0.5) is 0 Å². The molecule has 2 fully saturated rings. The summed E-state index contributed by atoms with van der Waals surface area (Å²) < 4.78 is 0. The fourth-order valence-corrected chi connectivity index (χ4v) is 7.36. The lowest BCUT2D eigenvalue weighted by atomic mass is 10.0. The smallest absolute Gasteiger partial charge is 0.326 e. The van der Waals surface area contributed by atoms with Gasteiger partial charge in [-0.25, -0.2) is 4.79 Å². The van der Waals surface area contributed by atoms with E-state index in [9.17, 15) is 54.3 Å². The number of rotatable bonds is 21. The second-order valence-electron chi connectivity index (χ2n) is 15.2. The van der Waals surface area contributed by atoms with Gasteiger partial charge in [0.15, 0.2) is 0 Å². The van der Waals surface area contributed by atoms with Crippen LogP contribution in [0.1, 0.15) is 62.5 Å². The van der Waals surface area contributed by atoms with Gasteiger partial charge in [-0.15, -0.1) is 0 Å². The van der Waals surface area contributed by atoms with Crippen LogP contribution in [-0.2, 0) is 41.6 Å². The molecule has 14 N–H and O–H groups in total. The average Bonchev–Trinajstić information content (AvgIpc) is 3.80. The number of amides is 5. The first-order valence-electron chi connectivity index (χ1n) is 19.9. The molecule has 4 rings (SSSR count).